The molecule has 1 aromatic carbocycles. The van der Waals surface area contributed by atoms with Crippen molar-refractivity contribution in [2.75, 3.05) is 31.9 Å². The Labute approximate surface area is 217 Å². The lowest BCUT2D eigenvalue weighted by atomic mass is 9.97. The molecule has 0 aliphatic carbocycles. The zero-order valence-corrected chi connectivity index (χ0v) is 20.9. The number of nitrogens with zero attached hydrogens (tertiary/aromatic N) is 3. The predicted molar refractivity (Wildman–Crippen MR) is 130 cm³/mol. The number of amides is 1. The molecule has 3 aromatic rings. The number of pyridine rings is 1. The molecule has 1 unspecified atom stereocenters. The van der Waals surface area contributed by atoms with Gasteiger partial charge in [-0.05, 0) is 23.1 Å². The highest BCUT2D eigenvalue weighted by atomic mass is 32.2. The van der Waals surface area contributed by atoms with E-state index in [4.69, 9.17) is 9.47 Å². The fourth-order valence-corrected chi connectivity index (χ4v) is 7.25. The number of aromatic nitrogens is 1. The number of methoxy groups -OCH3 is 1. The van der Waals surface area contributed by atoms with Crippen molar-refractivity contribution >= 4 is 35.2 Å². The third-order valence-corrected chi connectivity index (χ3v) is 8.78. The van der Waals surface area contributed by atoms with Crippen molar-refractivity contribution in [3.8, 4) is 5.75 Å². The number of halogens is 2. The first-order chi connectivity index (χ1) is 17.9. The summed E-state index contributed by atoms with van der Waals surface area (Å²) in [5, 5.41) is 3.72. The van der Waals surface area contributed by atoms with Gasteiger partial charge in [0.25, 0.3) is 5.91 Å². The van der Waals surface area contributed by atoms with Crippen LogP contribution in [0.3, 0.4) is 0 Å². The van der Waals surface area contributed by atoms with Gasteiger partial charge in [-0.15, -0.1) is 23.1 Å². The summed E-state index contributed by atoms with van der Waals surface area (Å²) in [4.78, 5) is 41.7. The Morgan fingerprint density at radius 1 is 1.19 bits per heavy atom. The van der Waals surface area contributed by atoms with Gasteiger partial charge in [0.05, 0.1) is 20.3 Å². The third kappa shape index (κ3) is 3.71. The molecule has 2 aromatic heterocycles. The van der Waals surface area contributed by atoms with E-state index in [0.29, 0.717) is 5.56 Å². The predicted octanol–water partition coefficient (Wildman–Crippen LogP) is 3.48. The SMILES string of the molecule is COC(=O)Oc1c2n(ccc1=O)N(C1c3ccc(F)c(F)c3CSc3ccsc31)[C@@H]1COCCN1C2=O. The fourth-order valence-electron chi connectivity index (χ4n) is 4.94. The van der Waals surface area contributed by atoms with Crippen LogP contribution < -0.4 is 15.2 Å². The van der Waals surface area contributed by atoms with Crippen molar-refractivity contribution in [2.24, 2.45) is 0 Å². The Bertz CT molecular complexity index is 1490. The number of carbonyl (C=O) groups excluding carboxylic acids is 2. The molecule has 13 heteroatoms. The minimum Gasteiger partial charge on any atom is -0.437 e. The number of ether oxygens (including phenoxy) is 3. The van der Waals surface area contributed by atoms with Gasteiger partial charge in [0.15, 0.2) is 17.3 Å². The van der Waals surface area contributed by atoms with Gasteiger partial charge in [0.2, 0.25) is 11.2 Å². The molecule has 3 aliphatic rings. The summed E-state index contributed by atoms with van der Waals surface area (Å²) in [6, 6.07) is 5.05. The molecule has 2 atom stereocenters. The summed E-state index contributed by atoms with van der Waals surface area (Å²) in [5.41, 5.74) is -0.117. The Morgan fingerprint density at radius 2 is 2.03 bits per heavy atom. The molecule has 1 saturated heterocycles. The van der Waals surface area contributed by atoms with Crippen LogP contribution in [0, 0.1) is 11.6 Å². The van der Waals surface area contributed by atoms with Crippen LogP contribution in [0.15, 0.2) is 45.5 Å². The molecule has 0 N–H and O–H groups in total. The molecular weight excluding hydrogens is 528 g/mol. The summed E-state index contributed by atoms with van der Waals surface area (Å²) in [6.45, 7) is 0.611. The molecule has 0 saturated carbocycles. The highest BCUT2D eigenvalue weighted by Gasteiger charge is 2.47. The van der Waals surface area contributed by atoms with Crippen molar-refractivity contribution in [3.05, 3.63) is 79.4 Å². The maximum Gasteiger partial charge on any atom is 0.513 e. The number of hydrogen-bond donors (Lipinski definition) is 0. The summed E-state index contributed by atoms with van der Waals surface area (Å²) in [6.07, 6.45) is -0.383. The Balaban J connectivity index is 1.64. The second-order valence-corrected chi connectivity index (χ2v) is 10.4. The van der Waals surface area contributed by atoms with Gasteiger partial charge in [-0.1, -0.05) is 6.07 Å². The molecule has 192 valence electrons. The van der Waals surface area contributed by atoms with E-state index in [2.05, 4.69) is 4.74 Å². The maximum atomic E-state index is 15.1. The first-order valence-electron chi connectivity index (χ1n) is 11.3. The number of thioether (sulfide) groups is 1. The van der Waals surface area contributed by atoms with E-state index < -0.39 is 47.1 Å². The number of rotatable bonds is 2. The Hall–Kier alpha value is -3.42. The van der Waals surface area contributed by atoms with E-state index in [1.807, 2.05) is 11.4 Å². The second kappa shape index (κ2) is 9.15. The molecule has 1 fully saturated rings. The van der Waals surface area contributed by atoms with E-state index in [9.17, 15) is 18.8 Å². The average molecular weight is 548 g/mol. The summed E-state index contributed by atoms with van der Waals surface area (Å²) < 4.78 is 46.3. The topological polar surface area (TPSA) is 90.3 Å². The monoisotopic (exact) mass is 547 g/mol. The lowest BCUT2D eigenvalue weighted by Crippen LogP contribution is -2.66. The minimum atomic E-state index is -1.15. The van der Waals surface area contributed by atoms with E-state index >= 15 is 4.39 Å². The van der Waals surface area contributed by atoms with Gasteiger partial charge < -0.3 is 19.1 Å². The van der Waals surface area contributed by atoms with Crippen LogP contribution in [0.4, 0.5) is 13.6 Å². The first-order valence-corrected chi connectivity index (χ1v) is 13.1. The lowest BCUT2D eigenvalue weighted by molar-refractivity contribution is -0.0197. The van der Waals surface area contributed by atoms with E-state index in [1.54, 1.807) is 11.1 Å². The summed E-state index contributed by atoms with van der Waals surface area (Å²) >= 11 is 2.85. The van der Waals surface area contributed by atoms with Crippen molar-refractivity contribution in [1.82, 2.24) is 9.58 Å². The van der Waals surface area contributed by atoms with Gasteiger partial charge >= 0.3 is 6.16 Å². The molecular formula is C24H19F2N3O6S2. The standard InChI is InChI=1S/C24H19F2N3O6S2/c1-33-24(32)35-21-15(30)4-6-28-20(21)23(31)27-7-8-34-10-17(27)29(28)19-12-2-3-14(25)18(26)13(12)11-37-16-5-9-36-22(16)19/h2-6,9,17,19H,7-8,10-11H2,1H3/t17-,19?/m1/s1. The van der Waals surface area contributed by atoms with E-state index in [0.717, 1.165) is 22.9 Å². The van der Waals surface area contributed by atoms with Crippen molar-refractivity contribution in [1.29, 1.82) is 0 Å². The highest BCUT2D eigenvalue weighted by molar-refractivity contribution is 7.98. The van der Waals surface area contributed by atoms with Crippen LogP contribution in [0.1, 0.15) is 32.5 Å². The van der Waals surface area contributed by atoms with Gasteiger partial charge in [0.1, 0.15) is 12.2 Å². The van der Waals surface area contributed by atoms with Crippen LogP contribution in [0.25, 0.3) is 0 Å². The average Bonchev–Trinajstić information content (AvgIpc) is 3.31. The van der Waals surface area contributed by atoms with Crippen LogP contribution >= 0.6 is 23.1 Å². The first kappa shape index (κ1) is 23.9. The van der Waals surface area contributed by atoms with Crippen molar-refractivity contribution in [2.45, 2.75) is 22.9 Å². The van der Waals surface area contributed by atoms with Crippen LogP contribution in [-0.4, -0.2) is 54.7 Å². The Kier molecular flexibility index (Phi) is 5.92. The normalized spacial score (nSPS) is 20.4. The number of benzene rings is 1. The quantitative estimate of drug-likeness (QED) is 0.451. The maximum absolute atomic E-state index is 15.1. The van der Waals surface area contributed by atoms with Crippen LogP contribution in [0.5, 0.6) is 5.75 Å². The summed E-state index contributed by atoms with van der Waals surface area (Å²) in [7, 11) is 1.09. The molecule has 0 radical (unpaired) electrons. The number of hydrogen-bond acceptors (Lipinski definition) is 9. The zero-order valence-electron chi connectivity index (χ0n) is 19.3. The second-order valence-electron chi connectivity index (χ2n) is 8.46. The number of fused-ring (bicyclic) bond motifs is 4. The van der Waals surface area contributed by atoms with Gasteiger partial charge in [-0.2, -0.15) is 0 Å². The number of carbonyl (C=O) groups is 2. The van der Waals surface area contributed by atoms with Gasteiger partial charge in [-0.25, -0.2) is 13.6 Å². The van der Waals surface area contributed by atoms with E-state index in [-0.39, 0.29) is 36.8 Å². The van der Waals surface area contributed by atoms with Crippen LogP contribution in [0.2, 0.25) is 0 Å². The fraction of sp³-hybridized carbons (Fsp3) is 0.292. The third-order valence-electron chi connectivity index (χ3n) is 6.58. The highest BCUT2D eigenvalue weighted by Crippen LogP contribution is 2.47. The largest absolute Gasteiger partial charge is 0.513 e. The summed E-state index contributed by atoms with van der Waals surface area (Å²) in [5.74, 6) is -2.66. The number of morpholine rings is 1. The minimum absolute atomic E-state index is 0.133. The molecule has 1 amide bonds. The molecule has 0 spiro atoms. The molecule has 3 aliphatic heterocycles. The molecule has 6 rings (SSSR count). The molecule has 9 nitrogen and oxygen atoms in total. The van der Waals surface area contributed by atoms with Crippen molar-refractivity contribution in [3.63, 3.8) is 0 Å². The zero-order chi connectivity index (χ0) is 25.8. The molecule has 37 heavy (non-hydrogen) atoms. The molecule has 0 bridgehead atoms. The van der Waals surface area contributed by atoms with Crippen molar-refractivity contribution < 1.29 is 32.6 Å². The van der Waals surface area contributed by atoms with Gasteiger partial charge in [-0.3, -0.25) is 19.3 Å². The number of thiophene rings is 1. The van der Waals surface area contributed by atoms with Gasteiger partial charge in [0, 0.05) is 39.9 Å². The molecule has 5 heterocycles. The van der Waals surface area contributed by atoms with E-state index in [1.165, 1.54) is 44.9 Å². The lowest BCUT2D eigenvalue weighted by Gasteiger charge is -2.51. The van der Waals surface area contributed by atoms with Crippen LogP contribution in [-0.2, 0) is 15.2 Å². The Morgan fingerprint density at radius 3 is 2.84 bits per heavy atom. The smallest absolute Gasteiger partial charge is 0.437 e.